The summed E-state index contributed by atoms with van der Waals surface area (Å²) in [5.41, 5.74) is 2.94. The Morgan fingerprint density at radius 1 is 1.13 bits per heavy atom. The van der Waals surface area contributed by atoms with Crippen molar-refractivity contribution in [3.05, 3.63) is 76.9 Å². The van der Waals surface area contributed by atoms with Crippen LogP contribution in [0.5, 0.6) is 0 Å². The van der Waals surface area contributed by atoms with Gasteiger partial charge >= 0.3 is 0 Å². The van der Waals surface area contributed by atoms with E-state index in [1.165, 1.54) is 5.56 Å². The van der Waals surface area contributed by atoms with Gasteiger partial charge in [0.1, 0.15) is 17.0 Å². The number of hydrogen-bond donors (Lipinski definition) is 1. The molecule has 0 aliphatic rings. The van der Waals surface area contributed by atoms with Gasteiger partial charge in [-0.15, -0.1) is 0 Å². The van der Waals surface area contributed by atoms with Crippen LogP contribution in [-0.4, -0.2) is 46.1 Å². The molecule has 7 nitrogen and oxygen atoms in total. The lowest BCUT2D eigenvalue weighted by molar-refractivity contribution is 0.0713. The minimum Gasteiger partial charge on any atom is -0.361 e. The molecule has 2 aromatic heterocycles. The van der Waals surface area contributed by atoms with Crippen LogP contribution in [0.2, 0.25) is 0 Å². The van der Waals surface area contributed by atoms with E-state index in [9.17, 15) is 9.59 Å². The molecule has 3 aromatic rings. The van der Waals surface area contributed by atoms with Crippen molar-refractivity contribution in [2.75, 3.05) is 13.6 Å². The summed E-state index contributed by atoms with van der Waals surface area (Å²) in [6.45, 7) is 4.00. The van der Waals surface area contributed by atoms with E-state index in [1.54, 1.807) is 29.4 Å². The number of amides is 2. The van der Waals surface area contributed by atoms with Gasteiger partial charge in [0.15, 0.2) is 0 Å². The van der Waals surface area contributed by atoms with Crippen LogP contribution in [-0.2, 0) is 13.5 Å². The fourth-order valence-electron chi connectivity index (χ4n) is 3.78. The van der Waals surface area contributed by atoms with Gasteiger partial charge in [0.25, 0.3) is 11.8 Å². The van der Waals surface area contributed by atoms with Gasteiger partial charge in [-0.3, -0.25) is 9.59 Å². The fourth-order valence-corrected chi connectivity index (χ4v) is 3.78. The Morgan fingerprint density at radius 2 is 1.87 bits per heavy atom. The number of benzene rings is 1. The first-order chi connectivity index (χ1) is 14.9. The highest BCUT2D eigenvalue weighted by molar-refractivity contribution is 5.96. The number of nitrogens with one attached hydrogen (secondary N) is 1. The molecule has 1 N–H and O–H groups in total. The number of nitrogens with zero attached hydrogens (tertiary/aromatic N) is 3. The maximum absolute atomic E-state index is 13.2. The van der Waals surface area contributed by atoms with Crippen molar-refractivity contribution in [3.63, 3.8) is 0 Å². The maximum atomic E-state index is 13.2. The molecule has 0 saturated carbocycles. The molecule has 164 valence electrons. The van der Waals surface area contributed by atoms with Crippen LogP contribution in [0.15, 0.2) is 53.2 Å². The normalized spacial score (nSPS) is 11.9. The molecule has 1 unspecified atom stereocenters. The second-order valence-corrected chi connectivity index (χ2v) is 7.84. The quantitative estimate of drug-likeness (QED) is 0.572. The Bertz CT molecular complexity index is 1000. The first kappa shape index (κ1) is 22.3. The van der Waals surface area contributed by atoms with Crippen molar-refractivity contribution in [1.82, 2.24) is 19.9 Å². The second-order valence-electron chi connectivity index (χ2n) is 7.84. The molecule has 0 fully saturated rings. The van der Waals surface area contributed by atoms with Crippen molar-refractivity contribution >= 4 is 11.8 Å². The lowest BCUT2D eigenvalue weighted by atomic mass is 10.0. The van der Waals surface area contributed by atoms with Crippen LogP contribution >= 0.6 is 0 Å². The topological polar surface area (TPSA) is 80.4 Å². The summed E-state index contributed by atoms with van der Waals surface area (Å²) in [5, 5.41) is 6.89. The summed E-state index contributed by atoms with van der Waals surface area (Å²) in [7, 11) is 3.65. The molecule has 0 aliphatic heterocycles. The van der Waals surface area contributed by atoms with E-state index in [0.29, 0.717) is 35.7 Å². The van der Waals surface area contributed by atoms with E-state index in [4.69, 9.17) is 4.52 Å². The summed E-state index contributed by atoms with van der Waals surface area (Å²) < 4.78 is 6.97. The van der Waals surface area contributed by atoms with Gasteiger partial charge in [-0.05, 0) is 50.8 Å². The molecule has 2 amide bonds. The number of aromatic nitrogens is 2. The predicted molar refractivity (Wildman–Crippen MR) is 119 cm³/mol. The standard InChI is InChI=1S/C24H30N4O3/c1-17-22(18(2)31-26-17)24(30)28(4)20(13-12-19-9-6-5-7-10-19)14-15-25-23(29)21-11-8-16-27(21)3/h5-11,16,20H,12-15H2,1-4H3,(H,25,29). The number of hydrogen-bond acceptors (Lipinski definition) is 4. The lowest BCUT2D eigenvalue weighted by Gasteiger charge is -2.28. The molecule has 1 aromatic carbocycles. The summed E-state index contributed by atoms with van der Waals surface area (Å²) in [6, 6.07) is 13.8. The van der Waals surface area contributed by atoms with Gasteiger partial charge in [-0.2, -0.15) is 0 Å². The predicted octanol–water partition coefficient (Wildman–Crippen LogP) is 3.52. The van der Waals surface area contributed by atoms with Gasteiger partial charge < -0.3 is 19.3 Å². The van der Waals surface area contributed by atoms with E-state index >= 15 is 0 Å². The Hall–Kier alpha value is -3.35. The second kappa shape index (κ2) is 10.1. The Morgan fingerprint density at radius 3 is 2.48 bits per heavy atom. The van der Waals surface area contributed by atoms with Gasteiger partial charge in [0.05, 0.1) is 5.69 Å². The third kappa shape index (κ3) is 5.42. The molecule has 3 rings (SSSR count). The van der Waals surface area contributed by atoms with E-state index in [0.717, 1.165) is 12.8 Å². The van der Waals surface area contributed by atoms with Gasteiger partial charge in [-0.1, -0.05) is 35.5 Å². The zero-order chi connectivity index (χ0) is 22.4. The third-order valence-corrected chi connectivity index (χ3v) is 5.66. The summed E-state index contributed by atoms with van der Waals surface area (Å²) in [6.07, 6.45) is 4.12. The molecule has 0 spiro atoms. The first-order valence-corrected chi connectivity index (χ1v) is 10.5. The number of carbonyl (C=O) groups is 2. The molecule has 31 heavy (non-hydrogen) atoms. The molecule has 0 saturated heterocycles. The maximum Gasteiger partial charge on any atom is 0.267 e. The van der Waals surface area contributed by atoms with E-state index in [2.05, 4.69) is 22.6 Å². The zero-order valence-electron chi connectivity index (χ0n) is 18.6. The highest BCUT2D eigenvalue weighted by Gasteiger charge is 2.26. The van der Waals surface area contributed by atoms with Gasteiger partial charge in [-0.25, -0.2) is 0 Å². The molecule has 0 bridgehead atoms. The molecule has 0 aliphatic carbocycles. The van der Waals surface area contributed by atoms with Crippen molar-refractivity contribution in [1.29, 1.82) is 0 Å². The number of rotatable bonds is 9. The van der Waals surface area contributed by atoms with E-state index < -0.39 is 0 Å². The number of carbonyl (C=O) groups excluding carboxylic acids is 2. The van der Waals surface area contributed by atoms with Crippen LogP contribution in [0.25, 0.3) is 0 Å². The summed E-state index contributed by atoms with van der Waals surface area (Å²) >= 11 is 0. The Labute approximate surface area is 183 Å². The third-order valence-electron chi connectivity index (χ3n) is 5.66. The van der Waals surface area contributed by atoms with Crippen LogP contribution < -0.4 is 5.32 Å². The van der Waals surface area contributed by atoms with Crippen molar-refractivity contribution in [2.45, 2.75) is 39.2 Å². The van der Waals surface area contributed by atoms with Gasteiger partial charge in [0.2, 0.25) is 0 Å². The largest absolute Gasteiger partial charge is 0.361 e. The summed E-state index contributed by atoms with van der Waals surface area (Å²) in [4.78, 5) is 27.4. The van der Waals surface area contributed by atoms with E-state index in [-0.39, 0.29) is 17.9 Å². The van der Waals surface area contributed by atoms with Crippen molar-refractivity contribution < 1.29 is 14.1 Å². The monoisotopic (exact) mass is 422 g/mol. The first-order valence-electron chi connectivity index (χ1n) is 10.5. The average Bonchev–Trinajstić information content (AvgIpc) is 3.34. The highest BCUT2D eigenvalue weighted by atomic mass is 16.5. The molecule has 2 heterocycles. The summed E-state index contributed by atoms with van der Waals surface area (Å²) in [5.74, 6) is 0.297. The Balaban J connectivity index is 1.68. The van der Waals surface area contributed by atoms with Gasteiger partial charge in [0, 0.05) is 32.9 Å². The molecule has 0 radical (unpaired) electrons. The molecular formula is C24H30N4O3. The lowest BCUT2D eigenvalue weighted by Crippen LogP contribution is -2.40. The molecular weight excluding hydrogens is 392 g/mol. The van der Waals surface area contributed by atoms with Crippen LogP contribution in [0.4, 0.5) is 0 Å². The van der Waals surface area contributed by atoms with Crippen LogP contribution in [0, 0.1) is 13.8 Å². The molecule has 7 heteroatoms. The number of aryl methyl sites for hydroxylation is 4. The van der Waals surface area contributed by atoms with Crippen molar-refractivity contribution in [2.24, 2.45) is 7.05 Å². The minimum atomic E-state index is -0.117. The highest BCUT2D eigenvalue weighted by Crippen LogP contribution is 2.19. The zero-order valence-corrected chi connectivity index (χ0v) is 18.6. The average molecular weight is 423 g/mol. The smallest absolute Gasteiger partial charge is 0.267 e. The SMILES string of the molecule is Cc1noc(C)c1C(=O)N(C)C(CCNC(=O)c1cccn1C)CCc1ccccc1. The van der Waals surface area contributed by atoms with Crippen molar-refractivity contribution in [3.8, 4) is 0 Å². The van der Waals surface area contributed by atoms with E-state index in [1.807, 2.05) is 44.6 Å². The van der Waals surface area contributed by atoms with Crippen LogP contribution in [0.3, 0.4) is 0 Å². The fraction of sp³-hybridized carbons (Fsp3) is 0.375. The Kier molecular flexibility index (Phi) is 7.28. The molecule has 1 atom stereocenters. The minimum absolute atomic E-state index is 0.0462. The van der Waals surface area contributed by atoms with Crippen LogP contribution in [0.1, 0.15) is 50.7 Å².